The Labute approximate surface area is 94.3 Å². The zero-order valence-electron chi connectivity index (χ0n) is 10.4. The Kier molecular flexibility index (Phi) is 5.34. The molecule has 0 radical (unpaired) electrons. The SMILES string of the molecule is C=CC(C)C(CC(C)C)N1CCOCC1. The van der Waals surface area contributed by atoms with Crippen LogP contribution in [0, 0.1) is 11.8 Å². The van der Waals surface area contributed by atoms with Gasteiger partial charge < -0.3 is 4.74 Å². The first-order valence-corrected chi connectivity index (χ1v) is 6.09. The maximum absolute atomic E-state index is 5.40. The van der Waals surface area contributed by atoms with Gasteiger partial charge in [0.1, 0.15) is 0 Å². The number of hydrogen-bond donors (Lipinski definition) is 0. The van der Waals surface area contributed by atoms with E-state index in [0.29, 0.717) is 12.0 Å². The Morgan fingerprint density at radius 2 is 1.87 bits per heavy atom. The van der Waals surface area contributed by atoms with Gasteiger partial charge in [-0.15, -0.1) is 6.58 Å². The number of hydrogen-bond acceptors (Lipinski definition) is 2. The summed E-state index contributed by atoms with van der Waals surface area (Å²) in [6.07, 6.45) is 3.34. The molecule has 88 valence electrons. The van der Waals surface area contributed by atoms with Crippen molar-refractivity contribution in [1.29, 1.82) is 0 Å². The molecule has 0 amide bonds. The molecular weight excluding hydrogens is 186 g/mol. The third-order valence-electron chi connectivity index (χ3n) is 3.21. The molecule has 0 aromatic carbocycles. The van der Waals surface area contributed by atoms with Gasteiger partial charge in [-0.1, -0.05) is 26.8 Å². The van der Waals surface area contributed by atoms with Crippen molar-refractivity contribution < 1.29 is 4.74 Å². The second-order valence-corrected chi connectivity index (χ2v) is 4.94. The van der Waals surface area contributed by atoms with Crippen LogP contribution >= 0.6 is 0 Å². The van der Waals surface area contributed by atoms with E-state index in [4.69, 9.17) is 4.74 Å². The van der Waals surface area contributed by atoms with Gasteiger partial charge in [0.2, 0.25) is 0 Å². The number of nitrogens with zero attached hydrogens (tertiary/aromatic N) is 1. The maximum Gasteiger partial charge on any atom is 0.0594 e. The van der Waals surface area contributed by atoms with Crippen LogP contribution in [0.25, 0.3) is 0 Å². The summed E-state index contributed by atoms with van der Waals surface area (Å²) in [4.78, 5) is 2.57. The lowest BCUT2D eigenvalue weighted by molar-refractivity contribution is 0.00407. The largest absolute Gasteiger partial charge is 0.379 e. The molecule has 2 unspecified atom stereocenters. The number of ether oxygens (including phenoxy) is 1. The summed E-state index contributed by atoms with van der Waals surface area (Å²) < 4.78 is 5.40. The lowest BCUT2D eigenvalue weighted by atomic mass is 9.91. The minimum absolute atomic E-state index is 0.575. The van der Waals surface area contributed by atoms with E-state index in [0.717, 1.165) is 32.2 Å². The minimum Gasteiger partial charge on any atom is -0.379 e. The van der Waals surface area contributed by atoms with E-state index in [1.807, 2.05) is 0 Å². The highest BCUT2D eigenvalue weighted by atomic mass is 16.5. The molecule has 2 atom stereocenters. The van der Waals surface area contributed by atoms with Crippen LogP contribution in [0.3, 0.4) is 0 Å². The zero-order valence-corrected chi connectivity index (χ0v) is 10.4. The summed E-state index contributed by atoms with van der Waals surface area (Å²) in [6, 6.07) is 0.645. The Hall–Kier alpha value is -0.340. The fraction of sp³-hybridized carbons (Fsp3) is 0.846. The summed E-state index contributed by atoms with van der Waals surface area (Å²) >= 11 is 0. The van der Waals surface area contributed by atoms with Gasteiger partial charge in [-0.2, -0.15) is 0 Å². The molecule has 0 spiro atoms. The molecule has 1 saturated heterocycles. The molecule has 0 aromatic rings. The molecular formula is C13H25NO. The van der Waals surface area contributed by atoms with Crippen molar-refractivity contribution in [3.05, 3.63) is 12.7 Å². The molecule has 1 aliphatic rings. The molecule has 0 aromatic heterocycles. The lowest BCUT2D eigenvalue weighted by Gasteiger charge is -2.38. The van der Waals surface area contributed by atoms with E-state index >= 15 is 0 Å². The van der Waals surface area contributed by atoms with E-state index in [9.17, 15) is 0 Å². The summed E-state index contributed by atoms with van der Waals surface area (Å²) in [5, 5.41) is 0. The van der Waals surface area contributed by atoms with Gasteiger partial charge in [-0.3, -0.25) is 4.90 Å². The molecule has 1 heterocycles. The van der Waals surface area contributed by atoms with Crippen LogP contribution in [0.15, 0.2) is 12.7 Å². The molecule has 0 saturated carbocycles. The van der Waals surface area contributed by atoms with Crippen molar-refractivity contribution in [3.63, 3.8) is 0 Å². The topological polar surface area (TPSA) is 12.5 Å². The van der Waals surface area contributed by atoms with Crippen molar-refractivity contribution in [3.8, 4) is 0 Å². The smallest absolute Gasteiger partial charge is 0.0594 e. The first kappa shape index (κ1) is 12.7. The second-order valence-electron chi connectivity index (χ2n) is 4.94. The molecule has 2 heteroatoms. The highest BCUT2D eigenvalue weighted by Crippen LogP contribution is 2.21. The number of morpholine rings is 1. The second kappa shape index (κ2) is 6.29. The monoisotopic (exact) mass is 211 g/mol. The Balaban J connectivity index is 2.56. The Bertz CT molecular complexity index is 185. The predicted octanol–water partition coefficient (Wildman–Crippen LogP) is 2.56. The van der Waals surface area contributed by atoms with Gasteiger partial charge >= 0.3 is 0 Å². The van der Waals surface area contributed by atoms with Crippen LogP contribution in [-0.2, 0) is 4.74 Å². The van der Waals surface area contributed by atoms with Crippen LogP contribution < -0.4 is 0 Å². The molecule has 0 bridgehead atoms. The summed E-state index contributed by atoms with van der Waals surface area (Å²) in [6.45, 7) is 14.7. The molecule has 1 aliphatic heterocycles. The van der Waals surface area contributed by atoms with E-state index in [-0.39, 0.29) is 0 Å². The van der Waals surface area contributed by atoms with E-state index < -0.39 is 0 Å². The van der Waals surface area contributed by atoms with Gasteiger partial charge in [-0.25, -0.2) is 0 Å². The van der Waals surface area contributed by atoms with E-state index in [1.54, 1.807) is 0 Å². The van der Waals surface area contributed by atoms with Crippen molar-refractivity contribution in [2.75, 3.05) is 26.3 Å². The first-order chi connectivity index (χ1) is 7.15. The molecule has 2 nitrogen and oxygen atoms in total. The van der Waals surface area contributed by atoms with E-state index in [2.05, 4.69) is 38.3 Å². The Morgan fingerprint density at radius 3 is 2.33 bits per heavy atom. The first-order valence-electron chi connectivity index (χ1n) is 6.09. The van der Waals surface area contributed by atoms with E-state index in [1.165, 1.54) is 6.42 Å². The summed E-state index contributed by atoms with van der Waals surface area (Å²) in [7, 11) is 0. The third-order valence-corrected chi connectivity index (χ3v) is 3.21. The molecule has 0 N–H and O–H groups in total. The molecule has 1 rings (SSSR count). The average molecular weight is 211 g/mol. The minimum atomic E-state index is 0.575. The average Bonchev–Trinajstić information content (AvgIpc) is 2.26. The van der Waals surface area contributed by atoms with Crippen LogP contribution in [0.2, 0.25) is 0 Å². The summed E-state index contributed by atoms with van der Waals surface area (Å²) in [5.74, 6) is 1.32. The van der Waals surface area contributed by atoms with Crippen LogP contribution in [-0.4, -0.2) is 37.2 Å². The summed E-state index contributed by atoms with van der Waals surface area (Å²) in [5.41, 5.74) is 0. The fourth-order valence-corrected chi connectivity index (χ4v) is 2.25. The third kappa shape index (κ3) is 3.96. The zero-order chi connectivity index (χ0) is 11.3. The quantitative estimate of drug-likeness (QED) is 0.648. The molecule has 15 heavy (non-hydrogen) atoms. The highest BCUT2D eigenvalue weighted by molar-refractivity contribution is 4.88. The Morgan fingerprint density at radius 1 is 1.27 bits per heavy atom. The molecule has 1 fully saturated rings. The fourth-order valence-electron chi connectivity index (χ4n) is 2.25. The van der Waals surface area contributed by atoms with Gasteiger partial charge in [0, 0.05) is 19.1 Å². The van der Waals surface area contributed by atoms with Crippen molar-refractivity contribution in [1.82, 2.24) is 4.90 Å². The predicted molar refractivity (Wildman–Crippen MR) is 65.0 cm³/mol. The van der Waals surface area contributed by atoms with Crippen molar-refractivity contribution in [2.24, 2.45) is 11.8 Å². The van der Waals surface area contributed by atoms with Crippen molar-refractivity contribution >= 4 is 0 Å². The normalized spacial score (nSPS) is 22.7. The lowest BCUT2D eigenvalue weighted by Crippen LogP contribution is -2.46. The standard InChI is InChI=1S/C13H25NO/c1-5-12(4)13(10-11(2)3)14-6-8-15-9-7-14/h5,11-13H,1,6-10H2,2-4H3. The van der Waals surface area contributed by atoms with Gasteiger partial charge in [0.05, 0.1) is 13.2 Å². The van der Waals surface area contributed by atoms with Crippen LogP contribution in [0.4, 0.5) is 0 Å². The van der Waals surface area contributed by atoms with Gasteiger partial charge in [0.25, 0.3) is 0 Å². The highest BCUT2D eigenvalue weighted by Gasteiger charge is 2.24. The van der Waals surface area contributed by atoms with Crippen LogP contribution in [0.5, 0.6) is 0 Å². The molecule has 0 aliphatic carbocycles. The van der Waals surface area contributed by atoms with Crippen LogP contribution in [0.1, 0.15) is 27.2 Å². The van der Waals surface area contributed by atoms with Gasteiger partial charge in [-0.05, 0) is 18.3 Å². The maximum atomic E-state index is 5.40. The number of rotatable bonds is 5. The van der Waals surface area contributed by atoms with Crippen molar-refractivity contribution in [2.45, 2.75) is 33.2 Å². The van der Waals surface area contributed by atoms with Gasteiger partial charge in [0.15, 0.2) is 0 Å².